The van der Waals surface area contributed by atoms with E-state index in [2.05, 4.69) is 20.2 Å². The van der Waals surface area contributed by atoms with Gasteiger partial charge in [-0.05, 0) is 18.9 Å². The standard InChI is InChI=1S/C12H18N4O/c1-3-10(15-11-8-17-9-11)7-16(6-1)12-13-4-2-5-14-12/h2,4-5,10-11,15H,1,3,6-9H2. The molecule has 1 aromatic heterocycles. The predicted molar refractivity (Wildman–Crippen MR) is 65.0 cm³/mol. The van der Waals surface area contributed by atoms with E-state index in [0.717, 1.165) is 32.3 Å². The normalized spacial score (nSPS) is 25.6. The Morgan fingerprint density at radius 1 is 1.24 bits per heavy atom. The molecule has 3 rings (SSSR count). The summed E-state index contributed by atoms with van der Waals surface area (Å²) in [6.07, 6.45) is 6.04. The molecule has 5 nitrogen and oxygen atoms in total. The topological polar surface area (TPSA) is 50.3 Å². The molecule has 1 N–H and O–H groups in total. The third-order valence-electron chi connectivity index (χ3n) is 3.37. The van der Waals surface area contributed by atoms with Gasteiger partial charge in [-0.15, -0.1) is 0 Å². The molecule has 2 saturated heterocycles. The number of rotatable bonds is 3. The molecule has 3 heterocycles. The first-order chi connectivity index (χ1) is 8.42. The first kappa shape index (κ1) is 10.9. The van der Waals surface area contributed by atoms with Crippen molar-refractivity contribution in [3.8, 4) is 0 Å². The summed E-state index contributed by atoms with van der Waals surface area (Å²) in [5.74, 6) is 0.851. The Morgan fingerprint density at radius 2 is 2.06 bits per heavy atom. The van der Waals surface area contributed by atoms with Crippen LogP contribution in [-0.2, 0) is 4.74 Å². The van der Waals surface area contributed by atoms with Gasteiger partial charge in [0.2, 0.25) is 5.95 Å². The zero-order chi connectivity index (χ0) is 11.5. The van der Waals surface area contributed by atoms with E-state index in [1.54, 1.807) is 12.4 Å². The van der Waals surface area contributed by atoms with Crippen molar-refractivity contribution in [2.24, 2.45) is 0 Å². The van der Waals surface area contributed by atoms with Crippen molar-refractivity contribution in [3.63, 3.8) is 0 Å². The molecular formula is C12H18N4O. The number of ether oxygens (including phenoxy) is 1. The van der Waals surface area contributed by atoms with E-state index in [0.29, 0.717) is 12.1 Å². The van der Waals surface area contributed by atoms with Crippen LogP contribution in [0.3, 0.4) is 0 Å². The summed E-state index contributed by atoms with van der Waals surface area (Å²) in [7, 11) is 0. The number of anilines is 1. The van der Waals surface area contributed by atoms with Crippen molar-refractivity contribution in [2.75, 3.05) is 31.2 Å². The number of piperidine rings is 1. The van der Waals surface area contributed by atoms with Crippen LogP contribution in [0.4, 0.5) is 5.95 Å². The molecule has 2 aliphatic heterocycles. The Kier molecular flexibility index (Phi) is 3.20. The molecule has 1 unspecified atom stereocenters. The zero-order valence-electron chi connectivity index (χ0n) is 9.88. The van der Waals surface area contributed by atoms with Crippen molar-refractivity contribution in [1.29, 1.82) is 0 Å². The smallest absolute Gasteiger partial charge is 0.225 e. The summed E-state index contributed by atoms with van der Waals surface area (Å²) in [6, 6.07) is 2.95. The van der Waals surface area contributed by atoms with E-state index in [9.17, 15) is 0 Å². The molecule has 0 aliphatic carbocycles. The second-order valence-corrected chi connectivity index (χ2v) is 4.74. The fourth-order valence-electron chi connectivity index (χ4n) is 2.41. The van der Waals surface area contributed by atoms with Gasteiger partial charge in [0.25, 0.3) is 0 Å². The van der Waals surface area contributed by atoms with Gasteiger partial charge in [-0.3, -0.25) is 0 Å². The number of hydrogen-bond donors (Lipinski definition) is 1. The maximum atomic E-state index is 5.19. The van der Waals surface area contributed by atoms with E-state index in [4.69, 9.17) is 4.74 Å². The summed E-state index contributed by atoms with van der Waals surface area (Å²) in [6.45, 7) is 3.78. The number of nitrogens with zero attached hydrogens (tertiary/aromatic N) is 3. The van der Waals surface area contributed by atoms with Gasteiger partial charge in [-0.1, -0.05) is 0 Å². The van der Waals surface area contributed by atoms with Crippen molar-refractivity contribution in [3.05, 3.63) is 18.5 Å². The highest BCUT2D eigenvalue weighted by atomic mass is 16.5. The summed E-state index contributed by atoms with van der Waals surface area (Å²) in [4.78, 5) is 10.9. The van der Waals surface area contributed by atoms with E-state index in [-0.39, 0.29) is 0 Å². The van der Waals surface area contributed by atoms with Crippen LogP contribution in [0.5, 0.6) is 0 Å². The molecule has 92 valence electrons. The molecule has 0 spiro atoms. The van der Waals surface area contributed by atoms with E-state index >= 15 is 0 Å². The van der Waals surface area contributed by atoms with Crippen LogP contribution in [-0.4, -0.2) is 48.4 Å². The predicted octanol–water partition coefficient (Wildman–Crippen LogP) is 0.434. The average Bonchev–Trinajstić information content (AvgIpc) is 2.35. The van der Waals surface area contributed by atoms with Crippen molar-refractivity contribution in [2.45, 2.75) is 24.9 Å². The fourth-order valence-corrected chi connectivity index (χ4v) is 2.41. The van der Waals surface area contributed by atoms with Gasteiger partial charge in [0, 0.05) is 31.5 Å². The fraction of sp³-hybridized carbons (Fsp3) is 0.667. The van der Waals surface area contributed by atoms with E-state index in [1.165, 1.54) is 12.8 Å². The third-order valence-corrected chi connectivity index (χ3v) is 3.37. The van der Waals surface area contributed by atoms with E-state index < -0.39 is 0 Å². The monoisotopic (exact) mass is 234 g/mol. The summed E-state index contributed by atoms with van der Waals surface area (Å²) in [5, 5.41) is 3.63. The second-order valence-electron chi connectivity index (χ2n) is 4.74. The van der Waals surface area contributed by atoms with Gasteiger partial charge >= 0.3 is 0 Å². The van der Waals surface area contributed by atoms with Crippen molar-refractivity contribution >= 4 is 5.95 Å². The minimum absolute atomic E-state index is 0.543. The Morgan fingerprint density at radius 3 is 2.76 bits per heavy atom. The lowest BCUT2D eigenvalue weighted by atomic mass is 10.0. The molecule has 2 fully saturated rings. The zero-order valence-corrected chi connectivity index (χ0v) is 9.88. The lowest BCUT2D eigenvalue weighted by Gasteiger charge is -2.37. The lowest BCUT2D eigenvalue weighted by molar-refractivity contribution is -0.0106. The molecule has 0 radical (unpaired) electrons. The molecule has 0 bridgehead atoms. The maximum absolute atomic E-state index is 5.19. The van der Waals surface area contributed by atoms with Crippen LogP contribution >= 0.6 is 0 Å². The minimum atomic E-state index is 0.543. The maximum Gasteiger partial charge on any atom is 0.225 e. The van der Waals surface area contributed by atoms with Gasteiger partial charge in [0.1, 0.15) is 0 Å². The van der Waals surface area contributed by atoms with Crippen LogP contribution in [0, 0.1) is 0 Å². The Hall–Kier alpha value is -1.20. The van der Waals surface area contributed by atoms with Crippen molar-refractivity contribution in [1.82, 2.24) is 15.3 Å². The Balaban J connectivity index is 1.59. The van der Waals surface area contributed by atoms with Crippen LogP contribution in [0.25, 0.3) is 0 Å². The van der Waals surface area contributed by atoms with Gasteiger partial charge < -0.3 is 15.0 Å². The highest BCUT2D eigenvalue weighted by molar-refractivity contribution is 5.29. The number of hydrogen-bond acceptors (Lipinski definition) is 5. The SMILES string of the molecule is c1cnc(N2CCCC(NC3COC3)C2)nc1. The minimum Gasteiger partial charge on any atom is -0.378 e. The molecule has 1 aromatic rings. The van der Waals surface area contributed by atoms with Gasteiger partial charge in [0.15, 0.2) is 0 Å². The Labute approximate surface area is 101 Å². The second kappa shape index (κ2) is 4.98. The van der Waals surface area contributed by atoms with Gasteiger partial charge in [-0.25, -0.2) is 9.97 Å². The summed E-state index contributed by atoms with van der Waals surface area (Å²) >= 11 is 0. The molecule has 0 aromatic carbocycles. The molecule has 0 saturated carbocycles. The van der Waals surface area contributed by atoms with Crippen LogP contribution in [0.15, 0.2) is 18.5 Å². The van der Waals surface area contributed by atoms with Crippen LogP contribution in [0.2, 0.25) is 0 Å². The quantitative estimate of drug-likeness (QED) is 0.822. The van der Waals surface area contributed by atoms with Gasteiger partial charge in [0.05, 0.1) is 19.3 Å². The average molecular weight is 234 g/mol. The van der Waals surface area contributed by atoms with E-state index in [1.807, 2.05) is 6.07 Å². The van der Waals surface area contributed by atoms with Gasteiger partial charge in [-0.2, -0.15) is 0 Å². The highest BCUT2D eigenvalue weighted by Crippen LogP contribution is 2.16. The summed E-state index contributed by atoms with van der Waals surface area (Å²) in [5.41, 5.74) is 0. The Bertz CT molecular complexity index is 355. The largest absolute Gasteiger partial charge is 0.378 e. The summed E-state index contributed by atoms with van der Waals surface area (Å²) < 4.78 is 5.19. The molecule has 2 aliphatic rings. The highest BCUT2D eigenvalue weighted by Gasteiger charge is 2.26. The lowest BCUT2D eigenvalue weighted by Crippen LogP contribution is -2.55. The van der Waals surface area contributed by atoms with Crippen LogP contribution < -0.4 is 10.2 Å². The third kappa shape index (κ3) is 2.56. The first-order valence-corrected chi connectivity index (χ1v) is 6.27. The first-order valence-electron chi connectivity index (χ1n) is 6.27. The van der Waals surface area contributed by atoms with Crippen molar-refractivity contribution < 1.29 is 4.74 Å². The molecule has 1 atom stereocenters. The number of nitrogens with one attached hydrogen (secondary N) is 1. The molecule has 0 amide bonds. The number of aromatic nitrogens is 2. The van der Waals surface area contributed by atoms with Crippen LogP contribution in [0.1, 0.15) is 12.8 Å². The molecule has 17 heavy (non-hydrogen) atoms. The molecule has 5 heteroatoms. The molecular weight excluding hydrogens is 216 g/mol.